The van der Waals surface area contributed by atoms with Crippen molar-refractivity contribution in [3.8, 4) is 11.3 Å². The Labute approximate surface area is 177 Å². The second-order valence-corrected chi connectivity index (χ2v) is 8.34. The molecule has 5 rings (SSSR count). The highest BCUT2D eigenvalue weighted by atomic mass is 32.1. The van der Waals surface area contributed by atoms with Gasteiger partial charge < -0.3 is 10.1 Å². The average molecular weight is 420 g/mol. The van der Waals surface area contributed by atoms with Gasteiger partial charge in [0.2, 0.25) is 0 Å². The summed E-state index contributed by atoms with van der Waals surface area (Å²) in [4.78, 5) is 21.8. The minimum Gasteiger partial charge on any atom is -0.376 e. The monoisotopic (exact) mass is 419 g/mol. The molecule has 8 heteroatoms. The molecule has 0 aromatic carbocycles. The van der Waals surface area contributed by atoms with Gasteiger partial charge in [-0.1, -0.05) is 6.07 Å². The number of amides is 1. The summed E-state index contributed by atoms with van der Waals surface area (Å²) in [6.07, 6.45) is 7.44. The van der Waals surface area contributed by atoms with Crippen molar-refractivity contribution in [2.24, 2.45) is 7.05 Å². The number of aromatic nitrogens is 4. The van der Waals surface area contributed by atoms with Crippen LogP contribution in [0, 0.1) is 0 Å². The van der Waals surface area contributed by atoms with Crippen LogP contribution in [-0.4, -0.2) is 44.9 Å². The Balaban J connectivity index is 1.37. The largest absolute Gasteiger partial charge is 0.376 e. The average Bonchev–Trinajstić information content (AvgIpc) is 3.36. The van der Waals surface area contributed by atoms with E-state index in [0.717, 1.165) is 45.6 Å². The highest BCUT2D eigenvalue weighted by molar-refractivity contribution is 7.17. The van der Waals surface area contributed by atoms with E-state index >= 15 is 0 Å². The van der Waals surface area contributed by atoms with Crippen LogP contribution in [0.5, 0.6) is 0 Å². The zero-order valence-electron chi connectivity index (χ0n) is 16.5. The van der Waals surface area contributed by atoms with Crippen LogP contribution in [0.15, 0.2) is 48.2 Å². The van der Waals surface area contributed by atoms with Crippen molar-refractivity contribution < 1.29 is 9.53 Å². The molecule has 152 valence electrons. The van der Waals surface area contributed by atoms with E-state index in [4.69, 9.17) is 4.74 Å². The summed E-state index contributed by atoms with van der Waals surface area (Å²) in [5.74, 6) is -0.162. The van der Waals surface area contributed by atoms with Crippen molar-refractivity contribution in [2.45, 2.75) is 18.9 Å². The van der Waals surface area contributed by atoms with Crippen LogP contribution in [0.2, 0.25) is 0 Å². The molecule has 1 fully saturated rings. The van der Waals surface area contributed by atoms with Crippen LogP contribution in [0.4, 0.5) is 0 Å². The SMILES string of the molecule is Cn1cc(-c2ccc(Cc3cc(C(=O)NCC4CCO4)nc4ccsc34)cn2)cn1. The summed E-state index contributed by atoms with van der Waals surface area (Å²) in [6.45, 7) is 1.30. The normalized spacial score (nSPS) is 15.8. The van der Waals surface area contributed by atoms with E-state index in [1.54, 1.807) is 22.2 Å². The van der Waals surface area contributed by atoms with Crippen LogP contribution >= 0.6 is 11.3 Å². The third kappa shape index (κ3) is 3.83. The summed E-state index contributed by atoms with van der Waals surface area (Å²) in [7, 11) is 1.89. The van der Waals surface area contributed by atoms with Gasteiger partial charge in [0.1, 0.15) is 5.69 Å². The van der Waals surface area contributed by atoms with E-state index in [1.165, 1.54) is 0 Å². The molecule has 4 aromatic heterocycles. The van der Waals surface area contributed by atoms with Crippen LogP contribution in [-0.2, 0) is 18.2 Å². The molecule has 0 spiro atoms. The number of carbonyl (C=O) groups is 1. The second kappa shape index (κ2) is 7.97. The fourth-order valence-electron chi connectivity index (χ4n) is 3.49. The van der Waals surface area contributed by atoms with E-state index in [0.29, 0.717) is 18.7 Å². The lowest BCUT2D eigenvalue weighted by Crippen LogP contribution is -2.39. The summed E-state index contributed by atoms with van der Waals surface area (Å²) >= 11 is 1.64. The molecule has 1 saturated heterocycles. The van der Waals surface area contributed by atoms with Gasteiger partial charge in [-0.05, 0) is 41.1 Å². The molecule has 0 aliphatic carbocycles. The lowest BCUT2D eigenvalue weighted by molar-refractivity contribution is -0.0473. The number of rotatable bonds is 6. The van der Waals surface area contributed by atoms with Gasteiger partial charge in [0.25, 0.3) is 5.91 Å². The molecule has 1 unspecified atom stereocenters. The molecular formula is C22H21N5O2S. The van der Waals surface area contributed by atoms with E-state index in [-0.39, 0.29) is 12.0 Å². The van der Waals surface area contributed by atoms with Crippen LogP contribution in [0.3, 0.4) is 0 Å². The van der Waals surface area contributed by atoms with Gasteiger partial charge in [0.05, 0.1) is 28.2 Å². The first kappa shape index (κ1) is 18.9. The predicted octanol–water partition coefficient (Wildman–Crippen LogP) is 3.20. The van der Waals surface area contributed by atoms with Crippen molar-refractivity contribution in [1.82, 2.24) is 25.1 Å². The summed E-state index contributed by atoms with van der Waals surface area (Å²) in [5.41, 5.74) is 5.33. The number of nitrogens with one attached hydrogen (secondary N) is 1. The highest BCUT2D eigenvalue weighted by Gasteiger charge is 2.20. The number of carbonyl (C=O) groups excluding carboxylic acids is 1. The second-order valence-electron chi connectivity index (χ2n) is 7.42. The van der Waals surface area contributed by atoms with Crippen molar-refractivity contribution >= 4 is 27.5 Å². The van der Waals surface area contributed by atoms with E-state index in [9.17, 15) is 4.79 Å². The molecule has 0 saturated carbocycles. The molecule has 1 amide bonds. The van der Waals surface area contributed by atoms with E-state index < -0.39 is 0 Å². The molecule has 0 bridgehead atoms. The maximum atomic E-state index is 12.6. The molecule has 1 N–H and O–H groups in total. The van der Waals surface area contributed by atoms with Crippen LogP contribution in [0.25, 0.3) is 21.5 Å². The number of hydrogen-bond donors (Lipinski definition) is 1. The number of pyridine rings is 2. The van der Waals surface area contributed by atoms with Crippen molar-refractivity contribution in [3.63, 3.8) is 0 Å². The maximum Gasteiger partial charge on any atom is 0.270 e. The minimum absolute atomic E-state index is 0.128. The number of fused-ring (bicyclic) bond motifs is 1. The van der Waals surface area contributed by atoms with Crippen molar-refractivity contribution in [2.75, 3.05) is 13.2 Å². The van der Waals surface area contributed by atoms with Crippen LogP contribution < -0.4 is 5.32 Å². The number of thiophene rings is 1. The third-order valence-electron chi connectivity index (χ3n) is 5.22. The number of aryl methyl sites for hydroxylation is 1. The molecule has 0 radical (unpaired) electrons. The van der Waals surface area contributed by atoms with Gasteiger partial charge in [-0.15, -0.1) is 11.3 Å². The number of ether oxygens (including phenoxy) is 1. The first-order chi connectivity index (χ1) is 14.7. The van der Waals surface area contributed by atoms with Crippen molar-refractivity contribution in [1.29, 1.82) is 0 Å². The van der Waals surface area contributed by atoms with Crippen LogP contribution in [0.1, 0.15) is 28.0 Å². The summed E-state index contributed by atoms with van der Waals surface area (Å²) in [5, 5.41) is 9.14. The molecule has 1 aliphatic rings. The lowest BCUT2D eigenvalue weighted by Gasteiger charge is -2.26. The van der Waals surface area contributed by atoms with Gasteiger partial charge in [-0.3, -0.25) is 14.5 Å². The first-order valence-electron chi connectivity index (χ1n) is 9.86. The highest BCUT2D eigenvalue weighted by Crippen LogP contribution is 2.27. The Kier molecular flexibility index (Phi) is 5.02. The molecule has 1 atom stereocenters. The molecule has 4 aromatic rings. The lowest BCUT2D eigenvalue weighted by atomic mass is 10.0. The number of nitrogens with zero attached hydrogens (tertiary/aromatic N) is 4. The predicted molar refractivity (Wildman–Crippen MR) is 116 cm³/mol. The summed E-state index contributed by atoms with van der Waals surface area (Å²) in [6, 6.07) is 7.93. The van der Waals surface area contributed by atoms with E-state index in [1.807, 2.05) is 43.0 Å². The Bertz CT molecular complexity index is 1190. The van der Waals surface area contributed by atoms with Gasteiger partial charge >= 0.3 is 0 Å². The van der Waals surface area contributed by atoms with Gasteiger partial charge in [0, 0.05) is 44.6 Å². The Hall–Kier alpha value is -3.10. The molecule has 30 heavy (non-hydrogen) atoms. The maximum absolute atomic E-state index is 12.6. The fraction of sp³-hybridized carbons (Fsp3) is 0.273. The standard InChI is InChI=1S/C22H21N5O2S/c1-27-13-16(11-25-27)18-3-2-14(10-23-18)8-15-9-20(26-19-5-7-30-21(15)19)22(28)24-12-17-4-6-29-17/h2-3,5,7,9-11,13,17H,4,6,8,12H2,1H3,(H,24,28). The van der Waals surface area contributed by atoms with E-state index in [2.05, 4.69) is 26.4 Å². The fourth-order valence-corrected chi connectivity index (χ4v) is 4.34. The first-order valence-corrected chi connectivity index (χ1v) is 10.7. The van der Waals surface area contributed by atoms with Gasteiger partial charge in [0.15, 0.2) is 0 Å². The van der Waals surface area contributed by atoms with Crippen molar-refractivity contribution in [3.05, 3.63) is 65.1 Å². The zero-order chi connectivity index (χ0) is 20.5. The number of hydrogen-bond acceptors (Lipinski definition) is 6. The Morgan fingerprint density at radius 1 is 1.33 bits per heavy atom. The minimum atomic E-state index is -0.162. The van der Waals surface area contributed by atoms with Gasteiger partial charge in [-0.25, -0.2) is 4.98 Å². The third-order valence-corrected chi connectivity index (χ3v) is 6.20. The Morgan fingerprint density at radius 3 is 2.93 bits per heavy atom. The Morgan fingerprint density at radius 2 is 2.23 bits per heavy atom. The quantitative estimate of drug-likeness (QED) is 0.519. The smallest absolute Gasteiger partial charge is 0.270 e. The molecule has 7 nitrogen and oxygen atoms in total. The molecule has 5 heterocycles. The zero-order valence-corrected chi connectivity index (χ0v) is 17.4. The topological polar surface area (TPSA) is 81.9 Å². The summed E-state index contributed by atoms with van der Waals surface area (Å²) < 4.78 is 8.24. The molecular weight excluding hydrogens is 398 g/mol. The molecule has 1 aliphatic heterocycles. The van der Waals surface area contributed by atoms with Gasteiger partial charge in [-0.2, -0.15) is 5.10 Å².